The molecule has 0 fully saturated rings. The SMILES string of the molecule is COCC(N)C(=O)N(C)Cc1ccc2c(c1)OCCO2. The lowest BCUT2D eigenvalue weighted by Crippen LogP contribution is -2.44. The Kier molecular flexibility index (Phi) is 4.81. The lowest BCUT2D eigenvalue weighted by atomic mass is 10.1. The molecule has 0 bridgehead atoms. The van der Waals surface area contributed by atoms with Gasteiger partial charge in [-0.1, -0.05) is 6.07 Å². The van der Waals surface area contributed by atoms with Crippen molar-refractivity contribution in [2.75, 3.05) is 34.0 Å². The van der Waals surface area contributed by atoms with Crippen LogP contribution in [0, 0.1) is 0 Å². The standard InChI is InChI=1S/C14H20N2O4/c1-16(14(17)11(15)9-18-2)8-10-3-4-12-13(7-10)20-6-5-19-12/h3-4,7,11H,5-6,8-9,15H2,1-2H3. The van der Waals surface area contributed by atoms with Gasteiger partial charge in [-0.3, -0.25) is 4.79 Å². The number of hydrogen-bond acceptors (Lipinski definition) is 5. The van der Waals surface area contributed by atoms with Crippen LogP contribution in [0.1, 0.15) is 5.56 Å². The quantitative estimate of drug-likeness (QED) is 0.844. The van der Waals surface area contributed by atoms with Gasteiger partial charge in [0.15, 0.2) is 11.5 Å². The number of benzene rings is 1. The van der Waals surface area contributed by atoms with Gasteiger partial charge >= 0.3 is 0 Å². The van der Waals surface area contributed by atoms with Crippen LogP contribution in [0.2, 0.25) is 0 Å². The van der Waals surface area contributed by atoms with E-state index in [1.807, 2.05) is 18.2 Å². The van der Waals surface area contributed by atoms with Crippen molar-refractivity contribution in [2.24, 2.45) is 5.73 Å². The second kappa shape index (κ2) is 6.58. The molecule has 0 aliphatic carbocycles. The van der Waals surface area contributed by atoms with Gasteiger partial charge in [0.25, 0.3) is 0 Å². The van der Waals surface area contributed by atoms with Crippen LogP contribution in [0.15, 0.2) is 18.2 Å². The number of methoxy groups -OCH3 is 1. The number of fused-ring (bicyclic) bond motifs is 1. The topological polar surface area (TPSA) is 74.0 Å². The fraction of sp³-hybridized carbons (Fsp3) is 0.500. The van der Waals surface area contributed by atoms with Crippen LogP contribution in [0.4, 0.5) is 0 Å². The largest absolute Gasteiger partial charge is 0.486 e. The molecule has 0 saturated heterocycles. The molecule has 1 aromatic carbocycles. The molecule has 0 radical (unpaired) electrons. The molecular formula is C14H20N2O4. The smallest absolute Gasteiger partial charge is 0.241 e. The summed E-state index contributed by atoms with van der Waals surface area (Å²) in [6.45, 7) is 1.79. The average Bonchev–Trinajstić information content (AvgIpc) is 2.46. The Morgan fingerprint density at radius 2 is 2.10 bits per heavy atom. The number of carbonyl (C=O) groups excluding carboxylic acids is 1. The summed E-state index contributed by atoms with van der Waals surface area (Å²) in [5.74, 6) is 1.31. The summed E-state index contributed by atoms with van der Waals surface area (Å²) in [4.78, 5) is 13.6. The Hall–Kier alpha value is -1.79. The first-order chi connectivity index (χ1) is 9.61. The van der Waals surface area contributed by atoms with E-state index in [9.17, 15) is 4.79 Å². The van der Waals surface area contributed by atoms with E-state index in [1.54, 1.807) is 11.9 Å². The van der Waals surface area contributed by atoms with Crippen molar-refractivity contribution in [1.29, 1.82) is 0 Å². The van der Waals surface area contributed by atoms with E-state index in [-0.39, 0.29) is 12.5 Å². The summed E-state index contributed by atoms with van der Waals surface area (Å²) in [5.41, 5.74) is 6.70. The molecule has 0 aromatic heterocycles. The third-order valence-corrected chi connectivity index (χ3v) is 3.07. The van der Waals surface area contributed by atoms with Crippen molar-refractivity contribution in [3.8, 4) is 11.5 Å². The molecular weight excluding hydrogens is 260 g/mol. The van der Waals surface area contributed by atoms with E-state index in [4.69, 9.17) is 19.9 Å². The molecule has 1 aliphatic heterocycles. The van der Waals surface area contributed by atoms with Gasteiger partial charge < -0.3 is 24.8 Å². The molecule has 0 saturated carbocycles. The zero-order valence-corrected chi connectivity index (χ0v) is 11.8. The normalized spacial score (nSPS) is 14.8. The summed E-state index contributed by atoms with van der Waals surface area (Å²) < 4.78 is 15.9. The Balaban J connectivity index is 2.00. The van der Waals surface area contributed by atoms with Crippen LogP contribution >= 0.6 is 0 Å². The maximum absolute atomic E-state index is 12.0. The van der Waals surface area contributed by atoms with Gasteiger partial charge in [-0.15, -0.1) is 0 Å². The fourth-order valence-electron chi connectivity index (χ4n) is 2.07. The molecule has 1 aromatic rings. The van der Waals surface area contributed by atoms with Crippen LogP contribution in [0.3, 0.4) is 0 Å². The number of amides is 1. The first-order valence-electron chi connectivity index (χ1n) is 6.50. The van der Waals surface area contributed by atoms with Crippen molar-refractivity contribution in [1.82, 2.24) is 4.90 Å². The fourth-order valence-corrected chi connectivity index (χ4v) is 2.07. The monoisotopic (exact) mass is 280 g/mol. The first kappa shape index (κ1) is 14.6. The summed E-state index contributed by atoms with van der Waals surface area (Å²) in [5, 5.41) is 0. The lowest BCUT2D eigenvalue weighted by molar-refractivity contribution is -0.132. The molecule has 6 nitrogen and oxygen atoms in total. The molecule has 2 rings (SSSR count). The maximum Gasteiger partial charge on any atom is 0.241 e. The molecule has 110 valence electrons. The average molecular weight is 280 g/mol. The molecule has 1 amide bonds. The minimum absolute atomic E-state index is 0.151. The highest BCUT2D eigenvalue weighted by Crippen LogP contribution is 2.31. The van der Waals surface area contributed by atoms with Crippen molar-refractivity contribution in [3.05, 3.63) is 23.8 Å². The number of carbonyl (C=O) groups is 1. The second-order valence-corrected chi connectivity index (χ2v) is 4.73. The van der Waals surface area contributed by atoms with E-state index >= 15 is 0 Å². The zero-order valence-electron chi connectivity index (χ0n) is 11.8. The highest BCUT2D eigenvalue weighted by molar-refractivity contribution is 5.81. The number of hydrogen-bond donors (Lipinski definition) is 1. The number of rotatable bonds is 5. The van der Waals surface area contributed by atoms with E-state index in [0.29, 0.717) is 19.8 Å². The maximum atomic E-state index is 12.0. The van der Waals surface area contributed by atoms with Crippen molar-refractivity contribution >= 4 is 5.91 Å². The number of likely N-dealkylation sites (N-methyl/N-ethyl adjacent to an activating group) is 1. The predicted octanol–water partition coefficient (Wildman–Crippen LogP) is 0.390. The van der Waals surface area contributed by atoms with Gasteiger partial charge in [0.2, 0.25) is 5.91 Å². The minimum Gasteiger partial charge on any atom is -0.486 e. The summed E-state index contributed by atoms with van der Waals surface area (Å²) in [7, 11) is 3.24. The number of ether oxygens (including phenoxy) is 3. The summed E-state index contributed by atoms with van der Waals surface area (Å²) in [6, 6.07) is 5.03. The molecule has 6 heteroatoms. The summed E-state index contributed by atoms with van der Waals surface area (Å²) >= 11 is 0. The highest BCUT2D eigenvalue weighted by atomic mass is 16.6. The van der Waals surface area contributed by atoms with E-state index in [1.165, 1.54) is 7.11 Å². The third-order valence-electron chi connectivity index (χ3n) is 3.07. The summed E-state index contributed by atoms with van der Waals surface area (Å²) in [6.07, 6.45) is 0. The van der Waals surface area contributed by atoms with Crippen LogP contribution in [-0.2, 0) is 16.1 Å². The zero-order chi connectivity index (χ0) is 14.5. The van der Waals surface area contributed by atoms with Crippen molar-refractivity contribution < 1.29 is 19.0 Å². The minimum atomic E-state index is -0.637. The molecule has 20 heavy (non-hydrogen) atoms. The molecule has 0 spiro atoms. The number of nitrogens with zero attached hydrogens (tertiary/aromatic N) is 1. The molecule has 1 unspecified atom stereocenters. The van der Waals surface area contributed by atoms with Gasteiger partial charge in [-0.2, -0.15) is 0 Å². The van der Waals surface area contributed by atoms with Crippen molar-refractivity contribution in [3.63, 3.8) is 0 Å². The van der Waals surface area contributed by atoms with Gasteiger partial charge in [0.1, 0.15) is 19.3 Å². The molecule has 2 N–H and O–H groups in total. The van der Waals surface area contributed by atoms with E-state index in [0.717, 1.165) is 17.1 Å². The van der Waals surface area contributed by atoms with Gasteiger partial charge in [0.05, 0.1) is 6.61 Å². The Labute approximate surface area is 118 Å². The van der Waals surface area contributed by atoms with Gasteiger partial charge in [0, 0.05) is 20.7 Å². The van der Waals surface area contributed by atoms with Crippen LogP contribution in [0.25, 0.3) is 0 Å². The van der Waals surface area contributed by atoms with Crippen LogP contribution in [0.5, 0.6) is 11.5 Å². The van der Waals surface area contributed by atoms with Gasteiger partial charge in [-0.25, -0.2) is 0 Å². The second-order valence-electron chi connectivity index (χ2n) is 4.73. The first-order valence-corrected chi connectivity index (χ1v) is 6.50. The van der Waals surface area contributed by atoms with Crippen LogP contribution in [-0.4, -0.2) is 50.8 Å². The Morgan fingerprint density at radius 1 is 1.40 bits per heavy atom. The van der Waals surface area contributed by atoms with Crippen molar-refractivity contribution in [2.45, 2.75) is 12.6 Å². The van der Waals surface area contributed by atoms with Gasteiger partial charge in [-0.05, 0) is 17.7 Å². The number of nitrogens with two attached hydrogens (primary N) is 1. The van der Waals surface area contributed by atoms with E-state index in [2.05, 4.69) is 0 Å². The predicted molar refractivity (Wildman–Crippen MR) is 73.8 cm³/mol. The molecule has 1 atom stereocenters. The Morgan fingerprint density at radius 3 is 2.80 bits per heavy atom. The Bertz CT molecular complexity index is 478. The van der Waals surface area contributed by atoms with Crippen LogP contribution < -0.4 is 15.2 Å². The molecule has 1 heterocycles. The highest BCUT2D eigenvalue weighted by Gasteiger charge is 2.19. The molecule has 1 aliphatic rings. The van der Waals surface area contributed by atoms with E-state index < -0.39 is 6.04 Å². The lowest BCUT2D eigenvalue weighted by Gasteiger charge is -2.23. The third kappa shape index (κ3) is 3.40.